The summed E-state index contributed by atoms with van der Waals surface area (Å²) in [5, 5.41) is 3.39. The highest BCUT2D eigenvalue weighted by Gasteiger charge is 2.27. The quantitative estimate of drug-likeness (QED) is 0.794. The lowest BCUT2D eigenvalue weighted by Crippen LogP contribution is -2.50. The van der Waals surface area contributed by atoms with Crippen LogP contribution in [0.2, 0.25) is 5.02 Å². The van der Waals surface area contributed by atoms with Crippen LogP contribution in [0.25, 0.3) is 0 Å². The number of carbonyl (C=O) groups is 1. The van der Waals surface area contributed by atoms with Gasteiger partial charge in [0.05, 0.1) is 5.75 Å². The molecule has 1 aliphatic rings. The molecular formula is C18H28ClN3O3S. The summed E-state index contributed by atoms with van der Waals surface area (Å²) in [6.45, 7) is 8.24. The number of anilines is 1. The van der Waals surface area contributed by atoms with Crippen LogP contribution in [-0.2, 0) is 14.8 Å². The maximum absolute atomic E-state index is 12.5. The third-order valence-corrected chi connectivity index (χ3v) is 6.32. The molecule has 0 bridgehead atoms. The Hall–Kier alpha value is -1.31. The van der Waals surface area contributed by atoms with Crippen molar-refractivity contribution in [1.29, 1.82) is 0 Å². The van der Waals surface area contributed by atoms with Crippen molar-refractivity contribution in [3.8, 4) is 0 Å². The molecule has 146 valence electrons. The monoisotopic (exact) mass is 401 g/mol. The van der Waals surface area contributed by atoms with E-state index in [2.05, 4.69) is 10.2 Å². The molecule has 1 aliphatic heterocycles. The molecule has 0 atom stereocenters. The van der Waals surface area contributed by atoms with Crippen molar-refractivity contribution >= 4 is 33.2 Å². The highest BCUT2D eigenvalue weighted by atomic mass is 35.5. The Kier molecular flexibility index (Phi) is 6.93. The minimum Gasteiger partial charge on any atom is -0.369 e. The molecule has 1 heterocycles. The van der Waals surface area contributed by atoms with Crippen molar-refractivity contribution in [1.82, 2.24) is 9.62 Å². The van der Waals surface area contributed by atoms with Gasteiger partial charge in [-0.1, -0.05) is 32.4 Å². The lowest BCUT2D eigenvalue weighted by Gasteiger charge is -2.35. The van der Waals surface area contributed by atoms with Gasteiger partial charge in [0.15, 0.2) is 0 Å². The summed E-state index contributed by atoms with van der Waals surface area (Å²) in [6, 6.07) is 7.55. The number of halogens is 1. The maximum atomic E-state index is 12.5. The van der Waals surface area contributed by atoms with Gasteiger partial charge >= 0.3 is 0 Å². The van der Waals surface area contributed by atoms with Gasteiger partial charge in [-0.25, -0.2) is 8.42 Å². The fourth-order valence-corrected chi connectivity index (χ4v) is 4.33. The molecule has 1 saturated heterocycles. The van der Waals surface area contributed by atoms with Crippen molar-refractivity contribution < 1.29 is 13.2 Å². The van der Waals surface area contributed by atoms with E-state index in [1.54, 1.807) is 0 Å². The second-order valence-corrected chi connectivity index (χ2v) is 10.3. The summed E-state index contributed by atoms with van der Waals surface area (Å²) in [5.74, 6) is -0.177. The second kappa shape index (κ2) is 8.59. The average Bonchev–Trinajstić information content (AvgIpc) is 2.54. The fourth-order valence-electron chi connectivity index (χ4n) is 2.87. The largest absolute Gasteiger partial charge is 0.369 e. The lowest BCUT2D eigenvalue weighted by atomic mass is 9.92. The Balaban J connectivity index is 1.80. The van der Waals surface area contributed by atoms with Crippen LogP contribution >= 0.6 is 11.6 Å². The van der Waals surface area contributed by atoms with Gasteiger partial charge < -0.3 is 10.2 Å². The van der Waals surface area contributed by atoms with E-state index < -0.39 is 10.0 Å². The third kappa shape index (κ3) is 6.45. The molecule has 0 radical (unpaired) electrons. The highest BCUT2D eigenvalue weighted by Crippen LogP contribution is 2.20. The van der Waals surface area contributed by atoms with E-state index >= 15 is 0 Å². The summed E-state index contributed by atoms with van der Waals surface area (Å²) in [7, 11) is -3.36. The molecule has 0 saturated carbocycles. The molecule has 1 fully saturated rings. The first-order chi connectivity index (χ1) is 12.1. The van der Waals surface area contributed by atoms with E-state index in [1.807, 2.05) is 45.0 Å². The number of carbonyl (C=O) groups excluding carboxylic acids is 1. The average molecular weight is 402 g/mol. The minimum atomic E-state index is -3.36. The lowest BCUT2D eigenvalue weighted by molar-refractivity contribution is -0.122. The summed E-state index contributed by atoms with van der Waals surface area (Å²) in [5.41, 5.74) is 0.932. The Labute approximate surface area is 161 Å². The van der Waals surface area contributed by atoms with Gasteiger partial charge in [0, 0.05) is 49.9 Å². The minimum absolute atomic E-state index is 0.0656. The Morgan fingerprint density at radius 3 is 2.23 bits per heavy atom. The molecule has 0 spiro atoms. The fraction of sp³-hybridized carbons (Fsp3) is 0.611. The number of hydrogen-bond acceptors (Lipinski definition) is 4. The summed E-state index contributed by atoms with van der Waals surface area (Å²) in [6.07, 6.45) is 0.382. The smallest absolute Gasteiger partial charge is 0.220 e. The first-order valence-corrected chi connectivity index (χ1v) is 10.8. The molecule has 8 heteroatoms. The summed E-state index contributed by atoms with van der Waals surface area (Å²) < 4.78 is 26.5. The number of amides is 1. The number of hydrogen-bond donors (Lipinski definition) is 1. The van der Waals surface area contributed by atoms with Crippen molar-refractivity contribution in [2.45, 2.75) is 27.2 Å². The molecule has 1 N–H and O–H groups in total. The van der Waals surface area contributed by atoms with Gasteiger partial charge in [0.1, 0.15) is 0 Å². The third-order valence-electron chi connectivity index (χ3n) is 4.20. The first-order valence-electron chi connectivity index (χ1n) is 8.82. The van der Waals surface area contributed by atoms with Crippen molar-refractivity contribution in [3.63, 3.8) is 0 Å². The van der Waals surface area contributed by atoms with Gasteiger partial charge in [-0.2, -0.15) is 4.31 Å². The molecule has 2 rings (SSSR count). The number of nitrogens with one attached hydrogen (secondary N) is 1. The van der Waals surface area contributed by atoms with Crippen LogP contribution in [0.5, 0.6) is 0 Å². The van der Waals surface area contributed by atoms with E-state index in [0.717, 1.165) is 5.69 Å². The van der Waals surface area contributed by atoms with Gasteiger partial charge in [0.25, 0.3) is 0 Å². The van der Waals surface area contributed by atoms with Crippen LogP contribution < -0.4 is 10.2 Å². The molecule has 1 amide bonds. The van der Waals surface area contributed by atoms with Crippen LogP contribution in [0.1, 0.15) is 27.2 Å². The molecule has 26 heavy (non-hydrogen) atoms. The molecule has 1 aromatic carbocycles. The van der Waals surface area contributed by atoms with Crippen molar-refractivity contribution in [2.75, 3.05) is 43.4 Å². The Bertz CT molecular complexity index is 706. The second-order valence-electron chi connectivity index (χ2n) is 7.77. The number of piperazine rings is 1. The summed E-state index contributed by atoms with van der Waals surface area (Å²) >= 11 is 5.90. The predicted octanol–water partition coefficient (Wildman–Crippen LogP) is 2.34. The van der Waals surface area contributed by atoms with Gasteiger partial charge in [0.2, 0.25) is 15.9 Å². The standard InChI is InChI=1S/C18H28ClN3O3S/c1-18(2,3)14-17(23)20-8-13-26(24,25)22-11-9-21(10-12-22)16-6-4-15(19)5-7-16/h4-7H,8-14H2,1-3H3,(H,20,23). The zero-order chi connectivity index (χ0) is 19.4. The number of benzene rings is 1. The van der Waals surface area contributed by atoms with E-state index in [4.69, 9.17) is 11.6 Å². The van der Waals surface area contributed by atoms with Crippen LogP contribution in [-0.4, -0.2) is 57.1 Å². The van der Waals surface area contributed by atoms with E-state index in [9.17, 15) is 13.2 Å². The Morgan fingerprint density at radius 2 is 1.69 bits per heavy atom. The van der Waals surface area contributed by atoms with Crippen LogP contribution in [0.4, 0.5) is 5.69 Å². The SMILES string of the molecule is CC(C)(C)CC(=O)NCCS(=O)(=O)N1CCN(c2ccc(Cl)cc2)CC1. The normalized spacial score (nSPS) is 16.5. The number of sulfonamides is 1. The van der Waals surface area contributed by atoms with Gasteiger partial charge in [-0.05, 0) is 29.7 Å². The topological polar surface area (TPSA) is 69.7 Å². The van der Waals surface area contributed by atoms with Crippen LogP contribution in [0, 0.1) is 5.41 Å². The molecule has 0 aromatic heterocycles. The van der Waals surface area contributed by atoms with Crippen LogP contribution in [0.3, 0.4) is 0 Å². The van der Waals surface area contributed by atoms with Gasteiger partial charge in [-0.3, -0.25) is 4.79 Å². The van der Waals surface area contributed by atoms with Crippen molar-refractivity contribution in [2.24, 2.45) is 5.41 Å². The highest BCUT2D eigenvalue weighted by molar-refractivity contribution is 7.89. The first kappa shape index (κ1) is 21.0. The van der Waals surface area contributed by atoms with Crippen molar-refractivity contribution in [3.05, 3.63) is 29.3 Å². The predicted molar refractivity (Wildman–Crippen MR) is 106 cm³/mol. The summed E-state index contributed by atoms with van der Waals surface area (Å²) in [4.78, 5) is 14.0. The number of rotatable bonds is 6. The van der Waals surface area contributed by atoms with Crippen LogP contribution in [0.15, 0.2) is 24.3 Å². The van der Waals surface area contributed by atoms with E-state index in [-0.39, 0.29) is 23.6 Å². The zero-order valence-corrected chi connectivity index (χ0v) is 17.2. The number of nitrogens with zero attached hydrogens (tertiary/aromatic N) is 2. The molecule has 0 unspecified atom stereocenters. The van der Waals surface area contributed by atoms with E-state index in [0.29, 0.717) is 37.6 Å². The Morgan fingerprint density at radius 1 is 1.12 bits per heavy atom. The molecular weight excluding hydrogens is 374 g/mol. The van der Waals surface area contributed by atoms with E-state index in [1.165, 1.54) is 4.31 Å². The molecule has 1 aromatic rings. The zero-order valence-electron chi connectivity index (χ0n) is 15.7. The maximum Gasteiger partial charge on any atom is 0.220 e. The van der Waals surface area contributed by atoms with Gasteiger partial charge in [-0.15, -0.1) is 0 Å². The molecule has 0 aliphatic carbocycles. The molecule has 6 nitrogen and oxygen atoms in total.